The summed E-state index contributed by atoms with van der Waals surface area (Å²) in [6, 6.07) is 0. The molecule has 19 heteroatoms. The Morgan fingerprint density at radius 3 is 1.22 bits per heavy atom. The van der Waals surface area contributed by atoms with Crippen molar-refractivity contribution in [3.05, 3.63) is 0 Å². The highest BCUT2D eigenvalue weighted by Crippen LogP contribution is 2.64. The first kappa shape index (κ1) is 34.3. The van der Waals surface area contributed by atoms with E-state index in [-0.39, 0.29) is 6.42 Å². The Labute approximate surface area is 191 Å². The molecule has 0 aliphatic rings. The Balaban J connectivity index is 6.53. The summed E-state index contributed by atoms with van der Waals surface area (Å²) in [7, 11) is 0. The van der Waals surface area contributed by atoms with E-state index >= 15 is 0 Å². The van der Waals surface area contributed by atoms with Crippen LogP contribution in [0.25, 0.3) is 0 Å². The molecular formula is C17H17F17O2. The molecular weight excluding hydrogens is 559 g/mol. The van der Waals surface area contributed by atoms with Crippen molar-refractivity contribution in [1.29, 1.82) is 0 Å². The molecule has 0 aliphatic carbocycles. The lowest BCUT2D eigenvalue weighted by molar-refractivity contribution is -0.460. The van der Waals surface area contributed by atoms with Crippen molar-refractivity contribution in [3.8, 4) is 0 Å². The van der Waals surface area contributed by atoms with Gasteiger partial charge in [0, 0.05) is 0 Å². The van der Waals surface area contributed by atoms with Crippen LogP contribution in [0.2, 0.25) is 0 Å². The van der Waals surface area contributed by atoms with E-state index in [0.29, 0.717) is 12.8 Å². The molecule has 0 bridgehead atoms. The molecule has 0 atom stereocenters. The van der Waals surface area contributed by atoms with Gasteiger partial charge in [-0.1, -0.05) is 19.8 Å². The summed E-state index contributed by atoms with van der Waals surface area (Å²) in [5.74, 6) is -61.9. The van der Waals surface area contributed by atoms with Crippen molar-refractivity contribution >= 4 is 5.97 Å². The third-order valence-electron chi connectivity index (χ3n) is 4.73. The monoisotopic (exact) mass is 576 g/mol. The molecule has 0 rings (SSSR count). The van der Waals surface area contributed by atoms with Gasteiger partial charge >= 0.3 is 53.6 Å². The topological polar surface area (TPSA) is 26.3 Å². The van der Waals surface area contributed by atoms with Gasteiger partial charge in [-0.3, -0.25) is 0 Å². The maximum absolute atomic E-state index is 13.8. The van der Waals surface area contributed by atoms with Crippen LogP contribution in [0.4, 0.5) is 74.6 Å². The molecule has 0 fully saturated rings. The van der Waals surface area contributed by atoms with Crippen LogP contribution in [0.3, 0.4) is 0 Å². The molecule has 0 unspecified atom stereocenters. The molecule has 0 spiro atoms. The molecule has 0 heterocycles. The highest BCUT2D eigenvalue weighted by Gasteiger charge is 2.96. The molecule has 0 radical (unpaired) electrons. The van der Waals surface area contributed by atoms with Gasteiger partial charge in [-0.05, 0) is 26.7 Å². The van der Waals surface area contributed by atoms with Crippen LogP contribution < -0.4 is 0 Å². The number of esters is 1. The number of alkyl halides is 17. The average Bonchev–Trinajstić information content (AvgIpc) is 2.65. The van der Waals surface area contributed by atoms with Crippen molar-refractivity contribution in [3.63, 3.8) is 0 Å². The van der Waals surface area contributed by atoms with E-state index in [0.717, 1.165) is 13.8 Å². The lowest BCUT2D eigenvalue weighted by atomic mass is 9.89. The van der Waals surface area contributed by atoms with Crippen LogP contribution in [0, 0.1) is 0 Å². The Kier molecular flexibility index (Phi) is 9.09. The highest BCUT2D eigenvalue weighted by molar-refractivity contribution is 5.79. The zero-order valence-electron chi connectivity index (χ0n) is 18.1. The van der Waals surface area contributed by atoms with Gasteiger partial charge in [-0.15, -0.1) is 0 Å². The maximum Gasteiger partial charge on any atom is 0.460 e. The summed E-state index contributed by atoms with van der Waals surface area (Å²) < 4.78 is 228. The van der Waals surface area contributed by atoms with Crippen LogP contribution in [0.15, 0.2) is 0 Å². The normalized spacial score (nSPS) is 15.8. The Morgan fingerprint density at radius 2 is 0.889 bits per heavy atom. The molecule has 0 aliphatic heterocycles. The standard InChI is InChI=1S/C17H17F17O2/c1-4-5-6-7-9(2,3)36-8(35)10(18,19)11(20,21)12(22,23)13(24,25)14(26,27)15(28,29)16(30,31)17(32,33)34/h4-7H2,1-3H3. The van der Waals surface area contributed by atoms with Gasteiger partial charge in [-0.2, -0.15) is 74.6 Å². The second kappa shape index (κ2) is 9.54. The van der Waals surface area contributed by atoms with Gasteiger partial charge < -0.3 is 4.74 Å². The zero-order valence-corrected chi connectivity index (χ0v) is 18.1. The van der Waals surface area contributed by atoms with E-state index in [4.69, 9.17) is 0 Å². The van der Waals surface area contributed by atoms with Crippen molar-refractivity contribution in [2.24, 2.45) is 0 Å². The number of rotatable bonds is 12. The fraction of sp³-hybridized carbons (Fsp3) is 0.941. The van der Waals surface area contributed by atoms with Crippen molar-refractivity contribution in [2.75, 3.05) is 0 Å². The van der Waals surface area contributed by atoms with Gasteiger partial charge in [0.1, 0.15) is 5.60 Å². The van der Waals surface area contributed by atoms with Crippen LogP contribution in [0.5, 0.6) is 0 Å². The van der Waals surface area contributed by atoms with Crippen molar-refractivity contribution < 1.29 is 84.2 Å². The van der Waals surface area contributed by atoms with E-state index in [9.17, 15) is 79.4 Å². The van der Waals surface area contributed by atoms with Gasteiger partial charge in [0.25, 0.3) is 0 Å². The number of hydrogen-bond acceptors (Lipinski definition) is 2. The summed E-state index contributed by atoms with van der Waals surface area (Å²) >= 11 is 0. The second-order valence-electron chi connectivity index (χ2n) is 8.12. The van der Waals surface area contributed by atoms with Crippen LogP contribution >= 0.6 is 0 Å². The molecule has 0 N–H and O–H groups in total. The second-order valence-corrected chi connectivity index (χ2v) is 8.12. The quantitative estimate of drug-likeness (QED) is 0.134. The molecule has 0 aromatic rings. The summed E-state index contributed by atoms with van der Waals surface area (Å²) in [4.78, 5) is 11.4. The van der Waals surface area contributed by atoms with Crippen LogP contribution in [0.1, 0.15) is 46.5 Å². The fourth-order valence-corrected chi connectivity index (χ4v) is 2.46. The third kappa shape index (κ3) is 5.15. The van der Waals surface area contributed by atoms with Crippen molar-refractivity contribution in [2.45, 2.75) is 99.7 Å². The third-order valence-corrected chi connectivity index (χ3v) is 4.73. The molecule has 0 aromatic heterocycles. The SMILES string of the molecule is CCCCCC(C)(C)OC(=O)C(F)(F)C(F)(F)C(F)(F)C(F)(F)C(F)(F)C(F)(F)C(F)(F)C(F)(F)F. The van der Waals surface area contributed by atoms with Crippen LogP contribution in [-0.2, 0) is 9.53 Å². The molecule has 0 aromatic carbocycles. The molecule has 0 saturated heterocycles. The maximum atomic E-state index is 13.8. The highest BCUT2D eigenvalue weighted by atomic mass is 19.4. The summed E-state index contributed by atoms with van der Waals surface area (Å²) in [6.45, 7) is 3.10. The van der Waals surface area contributed by atoms with E-state index < -0.39 is 65.6 Å². The molecule has 216 valence electrons. The minimum Gasteiger partial charge on any atom is -0.455 e. The first-order valence-electron chi connectivity index (χ1n) is 9.39. The Hall–Kier alpha value is -1.72. The molecule has 0 amide bonds. The fourth-order valence-electron chi connectivity index (χ4n) is 2.46. The van der Waals surface area contributed by atoms with Gasteiger partial charge in [0.05, 0.1) is 0 Å². The number of carbonyl (C=O) groups is 1. The number of hydrogen-bond donors (Lipinski definition) is 0. The van der Waals surface area contributed by atoms with Gasteiger partial charge in [0.15, 0.2) is 0 Å². The largest absolute Gasteiger partial charge is 0.460 e. The summed E-state index contributed by atoms with van der Waals surface area (Å²) in [6.07, 6.45) is -7.42. The van der Waals surface area contributed by atoms with Gasteiger partial charge in [-0.25, -0.2) is 4.79 Å². The summed E-state index contributed by atoms with van der Waals surface area (Å²) in [5.41, 5.74) is -2.19. The lowest BCUT2D eigenvalue weighted by Crippen LogP contribution is -2.75. The first-order chi connectivity index (χ1) is 15.4. The zero-order chi connectivity index (χ0) is 29.6. The van der Waals surface area contributed by atoms with E-state index in [1.807, 2.05) is 0 Å². The smallest absolute Gasteiger partial charge is 0.455 e. The van der Waals surface area contributed by atoms with Crippen LogP contribution in [-0.4, -0.2) is 59.2 Å². The molecule has 36 heavy (non-hydrogen) atoms. The van der Waals surface area contributed by atoms with Crippen molar-refractivity contribution in [1.82, 2.24) is 0 Å². The summed E-state index contributed by atoms with van der Waals surface area (Å²) in [5, 5.41) is 0. The predicted molar refractivity (Wildman–Crippen MR) is 85.0 cm³/mol. The average molecular weight is 576 g/mol. The number of carbonyl (C=O) groups excluding carboxylic acids is 1. The van der Waals surface area contributed by atoms with E-state index in [1.54, 1.807) is 6.92 Å². The Bertz CT molecular complexity index is 783. The predicted octanol–water partition coefficient (Wildman–Crippen LogP) is 7.90. The number of halogens is 17. The van der Waals surface area contributed by atoms with E-state index in [2.05, 4.69) is 4.74 Å². The minimum absolute atomic E-state index is 0.0434. The first-order valence-corrected chi connectivity index (χ1v) is 9.39. The Morgan fingerprint density at radius 1 is 0.556 bits per heavy atom. The number of unbranched alkanes of at least 4 members (excludes halogenated alkanes) is 2. The van der Waals surface area contributed by atoms with E-state index in [1.165, 1.54) is 0 Å². The lowest BCUT2D eigenvalue weighted by Gasteiger charge is -2.42. The van der Waals surface area contributed by atoms with Gasteiger partial charge in [0.2, 0.25) is 0 Å². The molecule has 2 nitrogen and oxygen atoms in total. The number of ether oxygens (including phenoxy) is 1. The minimum atomic E-state index is -8.74. The molecule has 0 saturated carbocycles.